The van der Waals surface area contributed by atoms with Gasteiger partial charge in [-0.1, -0.05) is 27.2 Å². The number of hydrogen-bond acceptors (Lipinski definition) is 2. The minimum atomic E-state index is 0.246. The molecule has 1 aliphatic rings. The van der Waals surface area contributed by atoms with Gasteiger partial charge in [-0.25, -0.2) is 0 Å². The largest absolute Gasteiger partial charge is 0.380 e. The Labute approximate surface area is 87.4 Å². The Kier molecular flexibility index (Phi) is 8.64. The van der Waals surface area contributed by atoms with Gasteiger partial charge in [-0.15, -0.1) is 0 Å². The van der Waals surface area contributed by atoms with Crippen LogP contribution in [0.25, 0.3) is 0 Å². The van der Waals surface area contributed by atoms with Crippen molar-refractivity contribution in [1.82, 2.24) is 4.90 Å². The van der Waals surface area contributed by atoms with Crippen molar-refractivity contribution in [3.05, 3.63) is 0 Å². The van der Waals surface area contributed by atoms with Crippen LogP contribution in [-0.4, -0.2) is 37.1 Å². The summed E-state index contributed by atoms with van der Waals surface area (Å²) in [6, 6.07) is 0. The molecule has 0 unspecified atom stereocenters. The molecule has 0 atom stereocenters. The average Bonchev–Trinajstić information content (AvgIpc) is 2.46. The van der Waals surface area contributed by atoms with Crippen LogP contribution in [0.3, 0.4) is 0 Å². The summed E-state index contributed by atoms with van der Waals surface area (Å²) >= 11 is 0. The maximum absolute atomic E-state index is 11.2. The third-order valence-electron chi connectivity index (χ3n) is 1.88. The minimum absolute atomic E-state index is 0.246. The summed E-state index contributed by atoms with van der Waals surface area (Å²) in [6.07, 6.45) is 2.84. The third-order valence-corrected chi connectivity index (χ3v) is 1.88. The molecule has 0 aromatic heterocycles. The predicted octanol–water partition coefficient (Wildman–Crippen LogP) is 2.06. The van der Waals surface area contributed by atoms with Crippen molar-refractivity contribution in [2.45, 2.75) is 40.0 Å². The Hall–Kier alpha value is -0.570. The van der Waals surface area contributed by atoms with Gasteiger partial charge in [-0.2, -0.15) is 0 Å². The van der Waals surface area contributed by atoms with Gasteiger partial charge >= 0.3 is 0 Å². The molecule has 1 rings (SSSR count). The van der Waals surface area contributed by atoms with Gasteiger partial charge in [0.1, 0.15) is 0 Å². The highest BCUT2D eigenvalue weighted by molar-refractivity contribution is 5.75. The Morgan fingerprint density at radius 1 is 1.21 bits per heavy atom. The Morgan fingerprint density at radius 3 is 2.43 bits per heavy atom. The monoisotopic (exact) mass is 201 g/mol. The van der Waals surface area contributed by atoms with Crippen LogP contribution >= 0.6 is 0 Å². The maximum Gasteiger partial charge on any atom is 0.222 e. The molecule has 0 N–H and O–H groups in total. The summed E-state index contributed by atoms with van der Waals surface area (Å²) in [7, 11) is 0. The van der Waals surface area contributed by atoms with Gasteiger partial charge in [0, 0.05) is 26.1 Å². The van der Waals surface area contributed by atoms with Crippen LogP contribution in [0.15, 0.2) is 0 Å². The maximum atomic E-state index is 11.2. The molecule has 1 aliphatic heterocycles. The highest BCUT2D eigenvalue weighted by atomic mass is 16.5. The highest BCUT2D eigenvalue weighted by Gasteiger charge is 2.12. The second-order valence-corrected chi connectivity index (χ2v) is 3.41. The molecule has 84 valence electrons. The van der Waals surface area contributed by atoms with Gasteiger partial charge < -0.3 is 9.64 Å². The molecule has 0 bridgehead atoms. The van der Waals surface area contributed by atoms with Gasteiger partial charge in [0.2, 0.25) is 5.91 Å². The van der Waals surface area contributed by atoms with Gasteiger partial charge in [-0.3, -0.25) is 4.79 Å². The Bertz CT molecular complexity index is 140. The first kappa shape index (κ1) is 13.4. The van der Waals surface area contributed by atoms with Crippen LogP contribution in [0.2, 0.25) is 0 Å². The van der Waals surface area contributed by atoms with E-state index in [4.69, 9.17) is 4.74 Å². The lowest BCUT2D eigenvalue weighted by Gasteiger charge is -2.18. The molecule has 0 aliphatic carbocycles. The quantitative estimate of drug-likeness (QED) is 0.650. The van der Waals surface area contributed by atoms with Crippen molar-refractivity contribution >= 4 is 5.91 Å². The summed E-state index contributed by atoms with van der Waals surface area (Å²) < 4.78 is 5.23. The molecular formula is C11H23NO2. The van der Waals surface area contributed by atoms with E-state index in [9.17, 15) is 4.79 Å². The molecule has 14 heavy (non-hydrogen) atoms. The van der Waals surface area contributed by atoms with Crippen molar-refractivity contribution < 1.29 is 9.53 Å². The number of nitrogens with zero attached hydrogens (tertiary/aromatic N) is 1. The summed E-state index contributed by atoms with van der Waals surface area (Å²) in [5.74, 6) is 0.246. The Balaban J connectivity index is 0.000000500. The van der Waals surface area contributed by atoms with Crippen LogP contribution in [0, 0.1) is 0 Å². The second kappa shape index (κ2) is 9.00. The fourth-order valence-corrected chi connectivity index (χ4v) is 1.22. The molecule has 0 spiro atoms. The first-order chi connectivity index (χ1) is 6.76. The molecule has 1 saturated heterocycles. The molecule has 0 radical (unpaired) electrons. The zero-order chi connectivity index (χ0) is 10.8. The van der Waals surface area contributed by atoms with Crippen molar-refractivity contribution in [2.75, 3.05) is 26.3 Å². The lowest BCUT2D eigenvalue weighted by Crippen LogP contribution is -2.32. The number of rotatable bonds is 1. The molecule has 3 nitrogen and oxygen atoms in total. The topological polar surface area (TPSA) is 29.5 Å². The van der Waals surface area contributed by atoms with E-state index in [0.29, 0.717) is 13.0 Å². The molecule has 0 saturated carbocycles. The van der Waals surface area contributed by atoms with E-state index in [2.05, 4.69) is 13.8 Å². The molecular weight excluding hydrogens is 178 g/mol. The average molecular weight is 201 g/mol. The summed E-state index contributed by atoms with van der Waals surface area (Å²) in [5, 5.41) is 0. The van der Waals surface area contributed by atoms with E-state index in [1.807, 2.05) is 11.8 Å². The van der Waals surface area contributed by atoms with Crippen LogP contribution in [0.4, 0.5) is 0 Å². The summed E-state index contributed by atoms with van der Waals surface area (Å²) in [5.41, 5.74) is 0. The van der Waals surface area contributed by atoms with E-state index in [1.165, 1.54) is 6.42 Å². The number of carbonyl (C=O) groups is 1. The fourth-order valence-electron chi connectivity index (χ4n) is 1.22. The molecule has 1 amide bonds. The number of carbonyl (C=O) groups excluding carboxylic acids is 1. The number of hydrogen-bond donors (Lipinski definition) is 0. The van der Waals surface area contributed by atoms with E-state index in [1.54, 1.807) is 0 Å². The van der Waals surface area contributed by atoms with E-state index in [-0.39, 0.29) is 5.91 Å². The first-order valence-corrected chi connectivity index (χ1v) is 5.61. The summed E-state index contributed by atoms with van der Waals surface area (Å²) in [6.45, 7) is 9.28. The first-order valence-electron chi connectivity index (χ1n) is 5.61. The van der Waals surface area contributed by atoms with Crippen LogP contribution in [0.1, 0.15) is 40.0 Å². The smallest absolute Gasteiger partial charge is 0.222 e. The molecule has 3 heteroatoms. The van der Waals surface area contributed by atoms with Gasteiger partial charge in [-0.05, 0) is 6.42 Å². The predicted molar refractivity (Wildman–Crippen MR) is 58.3 cm³/mol. The zero-order valence-electron chi connectivity index (χ0n) is 9.71. The Morgan fingerprint density at radius 2 is 1.86 bits per heavy atom. The molecule has 1 heterocycles. The molecule has 0 aromatic rings. The van der Waals surface area contributed by atoms with Crippen LogP contribution in [-0.2, 0) is 9.53 Å². The SMILES string of the molecule is CCC.CCC(=O)N1CCCOCC1. The van der Waals surface area contributed by atoms with E-state index >= 15 is 0 Å². The fraction of sp³-hybridized carbons (Fsp3) is 0.909. The van der Waals surface area contributed by atoms with E-state index < -0.39 is 0 Å². The van der Waals surface area contributed by atoms with Gasteiger partial charge in [0.25, 0.3) is 0 Å². The normalized spacial score (nSPS) is 16.6. The van der Waals surface area contributed by atoms with Gasteiger partial charge in [0.05, 0.1) is 6.61 Å². The van der Waals surface area contributed by atoms with Crippen LogP contribution < -0.4 is 0 Å². The lowest BCUT2D eigenvalue weighted by molar-refractivity contribution is -0.130. The van der Waals surface area contributed by atoms with Crippen molar-refractivity contribution in [1.29, 1.82) is 0 Å². The zero-order valence-corrected chi connectivity index (χ0v) is 9.71. The van der Waals surface area contributed by atoms with Gasteiger partial charge in [0.15, 0.2) is 0 Å². The molecule has 0 aromatic carbocycles. The number of amides is 1. The third kappa shape index (κ3) is 5.97. The number of ether oxygens (including phenoxy) is 1. The minimum Gasteiger partial charge on any atom is -0.380 e. The summed E-state index contributed by atoms with van der Waals surface area (Å²) in [4.78, 5) is 13.1. The van der Waals surface area contributed by atoms with Crippen molar-refractivity contribution in [3.8, 4) is 0 Å². The standard InChI is InChI=1S/C8H15NO2.C3H8/c1-2-8(10)9-4-3-6-11-7-5-9;1-3-2/h2-7H2,1H3;3H2,1-2H3. The molecule has 1 fully saturated rings. The van der Waals surface area contributed by atoms with Crippen molar-refractivity contribution in [3.63, 3.8) is 0 Å². The van der Waals surface area contributed by atoms with Crippen molar-refractivity contribution in [2.24, 2.45) is 0 Å². The highest BCUT2D eigenvalue weighted by Crippen LogP contribution is 2.00. The van der Waals surface area contributed by atoms with Crippen LogP contribution in [0.5, 0.6) is 0 Å². The van der Waals surface area contributed by atoms with E-state index in [0.717, 1.165) is 26.1 Å². The lowest BCUT2D eigenvalue weighted by atomic mass is 10.3. The second-order valence-electron chi connectivity index (χ2n) is 3.41.